The molecule has 4 atom stereocenters. The number of halogens is 1. The lowest BCUT2D eigenvalue weighted by atomic mass is 9.68. The van der Waals surface area contributed by atoms with Gasteiger partial charge >= 0.3 is 0 Å². The van der Waals surface area contributed by atoms with Crippen molar-refractivity contribution in [1.82, 2.24) is 4.72 Å². The molecular weight excluding hydrogens is 340 g/mol. The van der Waals surface area contributed by atoms with Crippen LogP contribution in [0.5, 0.6) is 0 Å². The Morgan fingerprint density at radius 2 is 2.30 bits per heavy atom. The normalized spacial score (nSPS) is 29.6. The molecule has 1 heterocycles. The van der Waals surface area contributed by atoms with Crippen LogP contribution >= 0.6 is 11.6 Å². The van der Waals surface area contributed by atoms with Gasteiger partial charge in [-0.1, -0.05) is 11.6 Å². The van der Waals surface area contributed by atoms with Crippen molar-refractivity contribution in [3.8, 4) is 6.07 Å². The predicted octanol–water partition coefficient (Wildman–Crippen LogP) is 1.54. The molecule has 1 aromatic rings. The smallest absolute Gasteiger partial charge is 0.242 e. The highest BCUT2D eigenvalue weighted by molar-refractivity contribution is 7.89. The van der Waals surface area contributed by atoms with Crippen molar-refractivity contribution >= 4 is 21.6 Å². The lowest BCUT2D eigenvalue weighted by molar-refractivity contribution is -0.0775. The summed E-state index contributed by atoms with van der Waals surface area (Å²) < 4.78 is 38.8. The Bertz CT molecular complexity index is 746. The van der Waals surface area contributed by atoms with E-state index < -0.39 is 10.0 Å². The number of fused-ring (bicyclic) bond motifs is 1. The molecule has 0 spiro atoms. The first-order valence-electron chi connectivity index (χ1n) is 7.30. The van der Waals surface area contributed by atoms with Crippen LogP contribution in [0.2, 0.25) is 5.02 Å². The molecule has 1 aliphatic carbocycles. The van der Waals surface area contributed by atoms with E-state index in [0.29, 0.717) is 18.8 Å². The number of ether oxygens (including phenoxy) is 2. The van der Waals surface area contributed by atoms with Crippen molar-refractivity contribution in [1.29, 1.82) is 5.26 Å². The van der Waals surface area contributed by atoms with Gasteiger partial charge in [-0.3, -0.25) is 0 Å². The number of nitrogens with zero attached hydrogens (tertiary/aromatic N) is 1. The Morgan fingerprint density at radius 3 is 2.96 bits per heavy atom. The maximum absolute atomic E-state index is 12.6. The molecule has 0 unspecified atom stereocenters. The summed E-state index contributed by atoms with van der Waals surface area (Å²) in [6.07, 6.45) is 0.887. The van der Waals surface area contributed by atoms with Crippen molar-refractivity contribution in [2.45, 2.75) is 23.5 Å². The zero-order chi connectivity index (χ0) is 16.6. The Hall–Kier alpha value is -1.17. The topological polar surface area (TPSA) is 88.4 Å². The second kappa shape index (κ2) is 6.38. The summed E-state index contributed by atoms with van der Waals surface area (Å²) in [6.45, 7) is 1.08. The maximum Gasteiger partial charge on any atom is 0.242 e. The van der Waals surface area contributed by atoms with E-state index in [4.69, 9.17) is 26.3 Å². The standard InChI is InChI=1S/C15H17ClN2O4S/c1-21-8-11-14(10-4-5-22-15(10)11)18-23(19,20)13-3-2-9(7-17)6-12(13)16/h2-3,6,10-11,14-15,18H,4-5,8H2,1H3/t10-,11+,14-,15-/m1/s1. The molecule has 1 N–H and O–H groups in total. The molecule has 1 saturated carbocycles. The van der Waals surface area contributed by atoms with Crippen molar-refractivity contribution in [2.24, 2.45) is 11.8 Å². The molecule has 8 heteroatoms. The highest BCUT2D eigenvalue weighted by Crippen LogP contribution is 2.44. The second-order valence-electron chi connectivity index (χ2n) is 5.81. The van der Waals surface area contributed by atoms with E-state index in [-0.39, 0.29) is 33.9 Å². The van der Waals surface area contributed by atoms with Crippen LogP contribution in [-0.4, -0.2) is 40.9 Å². The summed E-state index contributed by atoms with van der Waals surface area (Å²) in [5.74, 6) is 0.168. The van der Waals surface area contributed by atoms with Crippen LogP contribution in [0.15, 0.2) is 23.1 Å². The van der Waals surface area contributed by atoms with E-state index in [1.807, 2.05) is 6.07 Å². The largest absolute Gasteiger partial charge is 0.384 e. The van der Waals surface area contributed by atoms with Crippen LogP contribution in [0.3, 0.4) is 0 Å². The third kappa shape index (κ3) is 2.97. The molecule has 2 aliphatic rings. The number of benzene rings is 1. The number of sulfonamides is 1. The van der Waals surface area contributed by atoms with Gasteiger partial charge in [-0.25, -0.2) is 13.1 Å². The number of methoxy groups -OCH3 is 1. The molecule has 0 aromatic heterocycles. The van der Waals surface area contributed by atoms with Crippen molar-refractivity contribution < 1.29 is 17.9 Å². The van der Waals surface area contributed by atoms with E-state index in [9.17, 15) is 8.42 Å². The molecule has 3 rings (SSSR count). The van der Waals surface area contributed by atoms with Gasteiger partial charge in [-0.2, -0.15) is 5.26 Å². The molecule has 1 aromatic carbocycles. The van der Waals surface area contributed by atoms with Crippen LogP contribution in [0.1, 0.15) is 12.0 Å². The minimum atomic E-state index is -3.77. The second-order valence-corrected chi connectivity index (χ2v) is 7.90. The Morgan fingerprint density at radius 1 is 1.52 bits per heavy atom. The molecule has 0 amide bonds. The molecule has 2 fully saturated rings. The van der Waals surface area contributed by atoms with Gasteiger partial charge in [0.1, 0.15) is 4.90 Å². The van der Waals surface area contributed by atoms with E-state index in [0.717, 1.165) is 6.42 Å². The van der Waals surface area contributed by atoms with Crippen LogP contribution in [-0.2, 0) is 19.5 Å². The summed E-state index contributed by atoms with van der Waals surface area (Å²) in [5, 5.41) is 8.88. The number of hydrogen-bond donors (Lipinski definition) is 1. The summed E-state index contributed by atoms with van der Waals surface area (Å²) in [4.78, 5) is -0.0169. The van der Waals surface area contributed by atoms with Gasteiger partial charge in [-0.05, 0) is 24.6 Å². The summed E-state index contributed by atoms with van der Waals surface area (Å²) >= 11 is 6.03. The monoisotopic (exact) mass is 356 g/mol. The van der Waals surface area contributed by atoms with Crippen LogP contribution in [0, 0.1) is 23.2 Å². The van der Waals surface area contributed by atoms with E-state index >= 15 is 0 Å². The van der Waals surface area contributed by atoms with E-state index in [1.54, 1.807) is 7.11 Å². The average Bonchev–Trinajstić information content (AvgIpc) is 2.94. The number of nitriles is 1. The predicted molar refractivity (Wildman–Crippen MR) is 83.5 cm³/mol. The van der Waals surface area contributed by atoms with Crippen molar-refractivity contribution in [3.05, 3.63) is 28.8 Å². The lowest BCUT2D eigenvalue weighted by Crippen LogP contribution is -2.62. The van der Waals surface area contributed by atoms with Gasteiger partial charge < -0.3 is 9.47 Å². The van der Waals surface area contributed by atoms with Crippen LogP contribution in [0.4, 0.5) is 0 Å². The van der Waals surface area contributed by atoms with Crippen LogP contribution in [0.25, 0.3) is 0 Å². The molecule has 23 heavy (non-hydrogen) atoms. The molecule has 0 bridgehead atoms. The minimum Gasteiger partial charge on any atom is -0.384 e. The first-order chi connectivity index (χ1) is 11.0. The highest BCUT2D eigenvalue weighted by atomic mass is 35.5. The zero-order valence-electron chi connectivity index (χ0n) is 12.5. The highest BCUT2D eigenvalue weighted by Gasteiger charge is 2.55. The summed E-state index contributed by atoms with van der Waals surface area (Å²) in [5.41, 5.74) is 0.319. The van der Waals surface area contributed by atoms with Gasteiger partial charge in [0.25, 0.3) is 0 Å². The average molecular weight is 357 g/mol. The zero-order valence-corrected chi connectivity index (χ0v) is 14.1. The third-order valence-corrected chi connectivity index (χ3v) is 6.47. The number of nitrogens with one attached hydrogen (secondary N) is 1. The number of hydrogen-bond acceptors (Lipinski definition) is 5. The van der Waals surface area contributed by atoms with Crippen LogP contribution < -0.4 is 4.72 Å². The molecular formula is C15H17ClN2O4S. The fourth-order valence-electron chi connectivity index (χ4n) is 3.43. The molecule has 0 radical (unpaired) electrons. The fraction of sp³-hybridized carbons (Fsp3) is 0.533. The quantitative estimate of drug-likeness (QED) is 0.864. The molecule has 1 saturated heterocycles. The Balaban J connectivity index is 1.82. The molecule has 1 aliphatic heterocycles. The van der Waals surface area contributed by atoms with E-state index in [1.165, 1.54) is 18.2 Å². The Labute approximate surface area is 140 Å². The minimum absolute atomic E-state index is 0.000526. The van der Waals surface area contributed by atoms with Crippen molar-refractivity contribution in [3.63, 3.8) is 0 Å². The van der Waals surface area contributed by atoms with Gasteiger partial charge in [0.15, 0.2) is 0 Å². The SMILES string of the molecule is COC[C@H]1[C@H](NS(=O)(=O)c2ccc(C#N)cc2Cl)[C@H]2CCO[C@H]21. The van der Waals surface area contributed by atoms with Gasteiger partial charge in [0.2, 0.25) is 10.0 Å². The van der Waals surface area contributed by atoms with E-state index in [2.05, 4.69) is 4.72 Å². The number of rotatable bonds is 5. The fourth-order valence-corrected chi connectivity index (χ4v) is 5.31. The first kappa shape index (κ1) is 16.7. The summed E-state index contributed by atoms with van der Waals surface area (Å²) in [6, 6.07) is 5.86. The third-order valence-electron chi connectivity index (χ3n) is 4.53. The van der Waals surface area contributed by atoms with Crippen molar-refractivity contribution in [2.75, 3.05) is 20.3 Å². The first-order valence-corrected chi connectivity index (χ1v) is 9.16. The maximum atomic E-state index is 12.6. The molecule has 6 nitrogen and oxygen atoms in total. The lowest BCUT2D eigenvalue weighted by Gasteiger charge is -2.47. The van der Waals surface area contributed by atoms with Gasteiger partial charge in [0, 0.05) is 31.6 Å². The summed E-state index contributed by atoms with van der Waals surface area (Å²) in [7, 11) is -2.18. The Kier molecular flexibility index (Phi) is 4.63. The van der Waals surface area contributed by atoms with Gasteiger partial charge in [-0.15, -0.1) is 0 Å². The molecule has 124 valence electrons. The van der Waals surface area contributed by atoms with Gasteiger partial charge in [0.05, 0.1) is 29.4 Å².